The van der Waals surface area contributed by atoms with Crippen molar-refractivity contribution in [1.29, 1.82) is 0 Å². The Bertz CT molecular complexity index is 991. The molecule has 0 aromatic heterocycles. The summed E-state index contributed by atoms with van der Waals surface area (Å²) in [5, 5.41) is 2.92. The van der Waals surface area contributed by atoms with Crippen molar-refractivity contribution in [2.75, 3.05) is 45.2 Å². The summed E-state index contributed by atoms with van der Waals surface area (Å²) >= 11 is 0. The van der Waals surface area contributed by atoms with Gasteiger partial charge in [-0.2, -0.15) is 0 Å². The molecule has 0 aliphatic carbocycles. The highest BCUT2D eigenvalue weighted by atomic mass is 16.5. The normalized spacial score (nSPS) is 20.0. The van der Waals surface area contributed by atoms with Crippen LogP contribution in [0.2, 0.25) is 0 Å². The topological polar surface area (TPSA) is 81.7 Å². The molecular formula is C26H33N2O5+. The van der Waals surface area contributed by atoms with Gasteiger partial charge in [-0.3, -0.25) is 4.79 Å². The zero-order valence-electron chi connectivity index (χ0n) is 19.6. The molecule has 2 aromatic carbocycles. The Morgan fingerprint density at radius 2 is 1.82 bits per heavy atom. The maximum atomic E-state index is 13.3. The number of amides is 1. The van der Waals surface area contributed by atoms with Crippen molar-refractivity contribution in [3.63, 3.8) is 0 Å². The van der Waals surface area contributed by atoms with Crippen molar-refractivity contribution in [3.8, 4) is 0 Å². The van der Waals surface area contributed by atoms with Crippen LogP contribution in [-0.4, -0.2) is 62.2 Å². The third-order valence-corrected chi connectivity index (χ3v) is 6.26. The number of likely N-dealkylation sites (tertiary alicyclic amines) is 1. The van der Waals surface area contributed by atoms with Crippen LogP contribution in [0.4, 0.5) is 5.69 Å². The summed E-state index contributed by atoms with van der Waals surface area (Å²) in [7, 11) is 1.31. The molecule has 1 heterocycles. The van der Waals surface area contributed by atoms with Gasteiger partial charge < -0.3 is 19.3 Å². The van der Waals surface area contributed by atoms with Crippen LogP contribution in [0, 0.1) is 6.92 Å². The van der Waals surface area contributed by atoms with Gasteiger partial charge in [-0.15, -0.1) is 0 Å². The first-order valence-electron chi connectivity index (χ1n) is 11.4. The molecule has 1 fully saturated rings. The lowest BCUT2D eigenvalue weighted by Gasteiger charge is -2.43. The van der Waals surface area contributed by atoms with Crippen LogP contribution in [0.15, 0.2) is 48.5 Å². The van der Waals surface area contributed by atoms with E-state index in [1.165, 1.54) is 12.7 Å². The van der Waals surface area contributed by atoms with Crippen molar-refractivity contribution >= 4 is 23.5 Å². The molecule has 7 heteroatoms. The van der Waals surface area contributed by atoms with Crippen LogP contribution in [0.5, 0.6) is 0 Å². The Balaban J connectivity index is 1.84. The summed E-state index contributed by atoms with van der Waals surface area (Å²) in [6.45, 7) is 5.57. The standard InChI is InChI=1S/C26H32N2O5/c1-4-33-24(30)18-28(15-9-13-21(16-28)20-11-6-5-7-12-20)17-23(29)27-25-19(2)10-8-14-22(25)26(31)32-3/h5-8,10-12,14,21H,4,9,13,15-18H2,1-3H3/p+1. The molecule has 0 radical (unpaired) electrons. The van der Waals surface area contributed by atoms with Gasteiger partial charge in [0.15, 0.2) is 13.1 Å². The number of carbonyl (C=O) groups is 3. The number of benzene rings is 2. The lowest BCUT2D eigenvalue weighted by molar-refractivity contribution is -0.919. The lowest BCUT2D eigenvalue weighted by atomic mass is 9.89. The number of hydrogen-bond acceptors (Lipinski definition) is 5. The summed E-state index contributed by atoms with van der Waals surface area (Å²) in [6, 6.07) is 15.4. The summed E-state index contributed by atoms with van der Waals surface area (Å²) in [5.74, 6) is -0.796. The van der Waals surface area contributed by atoms with E-state index in [0.29, 0.717) is 35.4 Å². The van der Waals surface area contributed by atoms with Crippen LogP contribution in [0.3, 0.4) is 0 Å². The first kappa shape index (κ1) is 24.5. The molecule has 7 nitrogen and oxygen atoms in total. The molecule has 3 rings (SSSR count). The molecular weight excluding hydrogens is 420 g/mol. The van der Waals surface area contributed by atoms with Gasteiger partial charge in [0.25, 0.3) is 5.91 Å². The highest BCUT2D eigenvalue weighted by Gasteiger charge is 2.40. The molecule has 1 saturated heterocycles. The van der Waals surface area contributed by atoms with Gasteiger partial charge in [-0.25, -0.2) is 9.59 Å². The second kappa shape index (κ2) is 11.1. The van der Waals surface area contributed by atoms with E-state index in [9.17, 15) is 14.4 Å². The smallest absolute Gasteiger partial charge is 0.361 e. The molecule has 1 aliphatic heterocycles. The Morgan fingerprint density at radius 3 is 2.52 bits per heavy atom. The van der Waals surface area contributed by atoms with E-state index >= 15 is 0 Å². The molecule has 0 bridgehead atoms. The molecule has 0 saturated carbocycles. The van der Waals surface area contributed by atoms with Crippen LogP contribution in [0.1, 0.15) is 47.2 Å². The fraction of sp³-hybridized carbons (Fsp3) is 0.423. The van der Waals surface area contributed by atoms with Gasteiger partial charge in [0.05, 0.1) is 38.1 Å². The number of piperidine rings is 1. The second-order valence-corrected chi connectivity index (χ2v) is 8.66. The third kappa shape index (κ3) is 6.20. The van der Waals surface area contributed by atoms with Gasteiger partial charge in [-0.1, -0.05) is 42.5 Å². The molecule has 2 aromatic rings. The van der Waals surface area contributed by atoms with E-state index in [2.05, 4.69) is 17.4 Å². The number of hydrogen-bond donors (Lipinski definition) is 1. The summed E-state index contributed by atoms with van der Waals surface area (Å²) < 4.78 is 10.4. The maximum Gasteiger partial charge on any atom is 0.361 e. The molecule has 176 valence electrons. The Hall–Kier alpha value is -3.19. The van der Waals surface area contributed by atoms with Crippen molar-refractivity contribution in [2.24, 2.45) is 0 Å². The number of anilines is 1. The van der Waals surface area contributed by atoms with Gasteiger partial charge in [0.1, 0.15) is 0 Å². The van der Waals surface area contributed by atoms with E-state index in [4.69, 9.17) is 9.47 Å². The Kier molecular flexibility index (Phi) is 8.22. The van der Waals surface area contributed by atoms with Gasteiger partial charge >= 0.3 is 11.9 Å². The van der Waals surface area contributed by atoms with Crippen molar-refractivity contribution in [1.82, 2.24) is 0 Å². The fourth-order valence-corrected chi connectivity index (χ4v) is 4.74. The number of nitrogens with one attached hydrogen (secondary N) is 1. The quantitative estimate of drug-likeness (QED) is 0.487. The third-order valence-electron chi connectivity index (χ3n) is 6.26. The van der Waals surface area contributed by atoms with Crippen molar-refractivity contribution < 1.29 is 28.3 Å². The molecule has 2 atom stereocenters. The van der Waals surface area contributed by atoms with E-state index < -0.39 is 5.97 Å². The Labute approximate surface area is 195 Å². The number of quaternary nitrogens is 1. The summed E-state index contributed by atoms with van der Waals surface area (Å²) in [6.07, 6.45) is 1.92. The predicted molar refractivity (Wildman–Crippen MR) is 126 cm³/mol. The second-order valence-electron chi connectivity index (χ2n) is 8.66. The van der Waals surface area contributed by atoms with E-state index in [0.717, 1.165) is 18.4 Å². The van der Waals surface area contributed by atoms with Gasteiger partial charge in [0, 0.05) is 5.92 Å². The molecule has 2 unspecified atom stereocenters. The number of esters is 2. The molecule has 0 spiro atoms. The van der Waals surface area contributed by atoms with Crippen molar-refractivity contribution in [2.45, 2.75) is 32.6 Å². The Morgan fingerprint density at radius 1 is 1.06 bits per heavy atom. The summed E-state index contributed by atoms with van der Waals surface area (Å²) in [4.78, 5) is 38.0. The molecule has 1 amide bonds. The van der Waals surface area contributed by atoms with Crippen LogP contribution < -0.4 is 5.32 Å². The van der Waals surface area contributed by atoms with Gasteiger partial charge in [-0.05, 0) is 43.9 Å². The number of nitrogens with zero attached hydrogens (tertiary/aromatic N) is 1. The summed E-state index contributed by atoms with van der Waals surface area (Å²) in [5.41, 5.74) is 2.74. The minimum absolute atomic E-state index is 0.122. The fourth-order valence-electron chi connectivity index (χ4n) is 4.74. The van der Waals surface area contributed by atoms with Crippen LogP contribution in [0.25, 0.3) is 0 Å². The minimum Gasteiger partial charge on any atom is -0.465 e. The first-order chi connectivity index (χ1) is 15.9. The highest BCUT2D eigenvalue weighted by Crippen LogP contribution is 2.32. The van der Waals surface area contributed by atoms with E-state index in [1.807, 2.05) is 31.2 Å². The number of ether oxygens (including phenoxy) is 2. The molecule has 33 heavy (non-hydrogen) atoms. The monoisotopic (exact) mass is 453 g/mol. The maximum absolute atomic E-state index is 13.3. The SMILES string of the molecule is CCOC(=O)C[N+]1(CC(=O)Nc2c(C)cccc2C(=O)OC)CCCC(c2ccccc2)C1. The van der Waals surface area contributed by atoms with Crippen LogP contribution in [-0.2, 0) is 19.1 Å². The van der Waals surface area contributed by atoms with Crippen LogP contribution >= 0.6 is 0 Å². The number of aryl methyl sites for hydroxylation is 1. The number of para-hydroxylation sites is 1. The average molecular weight is 454 g/mol. The predicted octanol–water partition coefficient (Wildman–Crippen LogP) is 3.68. The zero-order valence-corrected chi connectivity index (χ0v) is 19.6. The number of methoxy groups -OCH3 is 1. The minimum atomic E-state index is -0.508. The first-order valence-corrected chi connectivity index (χ1v) is 11.4. The largest absolute Gasteiger partial charge is 0.465 e. The van der Waals surface area contributed by atoms with E-state index in [1.54, 1.807) is 19.1 Å². The lowest BCUT2D eigenvalue weighted by Crippen LogP contribution is -2.59. The zero-order chi connectivity index (χ0) is 23.8. The van der Waals surface area contributed by atoms with Gasteiger partial charge in [0.2, 0.25) is 0 Å². The number of rotatable bonds is 8. The molecule has 1 N–H and O–H groups in total. The van der Waals surface area contributed by atoms with E-state index in [-0.39, 0.29) is 30.9 Å². The highest BCUT2D eigenvalue weighted by molar-refractivity contribution is 6.02. The van der Waals surface area contributed by atoms with Crippen molar-refractivity contribution in [3.05, 3.63) is 65.2 Å². The average Bonchev–Trinajstić information content (AvgIpc) is 2.80. The molecule has 1 aliphatic rings. The number of carbonyl (C=O) groups excluding carboxylic acids is 3.